The molecule has 0 radical (unpaired) electrons. The van der Waals surface area contributed by atoms with Crippen molar-refractivity contribution >= 4 is 34.1 Å². The maximum absolute atomic E-state index is 12.2. The van der Waals surface area contributed by atoms with E-state index in [4.69, 9.17) is 10.5 Å². The number of thiophene rings is 1. The molecule has 0 fully saturated rings. The van der Waals surface area contributed by atoms with E-state index >= 15 is 0 Å². The second kappa shape index (κ2) is 7.51. The molecule has 3 N–H and O–H groups in total. The average Bonchev–Trinajstić information content (AvgIpc) is 3.22. The van der Waals surface area contributed by atoms with Crippen LogP contribution in [0.3, 0.4) is 0 Å². The number of primary amides is 1. The lowest BCUT2D eigenvalue weighted by molar-refractivity contribution is -0.146. The van der Waals surface area contributed by atoms with Crippen molar-refractivity contribution in [2.24, 2.45) is 12.8 Å². The van der Waals surface area contributed by atoms with Crippen LogP contribution >= 0.6 is 11.3 Å². The highest BCUT2D eigenvalue weighted by atomic mass is 32.1. The second-order valence-corrected chi connectivity index (χ2v) is 7.69. The molecule has 2 aromatic heterocycles. The Morgan fingerprint density at radius 1 is 1.30 bits per heavy atom. The number of nitrogens with two attached hydrogens (primary N) is 1. The van der Waals surface area contributed by atoms with E-state index in [9.17, 15) is 14.4 Å². The van der Waals surface area contributed by atoms with E-state index < -0.39 is 24.4 Å². The number of aromatic nitrogens is 2. The third-order valence-corrected chi connectivity index (χ3v) is 5.97. The molecular weight excluding hydrogens is 368 g/mol. The normalized spacial score (nSPS) is 12.7. The largest absolute Gasteiger partial charge is 0.455 e. The SMILES string of the molecule is Cc1nn(C)c(C)c1CC(=O)OCC(=O)Nc1sc2c(c1C(N)=O)CCC2. The summed E-state index contributed by atoms with van der Waals surface area (Å²) in [6.45, 7) is 3.28. The molecule has 0 atom stereocenters. The zero-order chi connectivity index (χ0) is 19.7. The number of esters is 1. The molecule has 144 valence electrons. The molecule has 27 heavy (non-hydrogen) atoms. The first-order valence-corrected chi connectivity index (χ1v) is 9.48. The van der Waals surface area contributed by atoms with Gasteiger partial charge in [0.1, 0.15) is 5.00 Å². The zero-order valence-corrected chi connectivity index (χ0v) is 16.4. The van der Waals surface area contributed by atoms with Gasteiger partial charge in [0, 0.05) is 23.2 Å². The molecule has 0 aliphatic heterocycles. The Morgan fingerprint density at radius 3 is 2.67 bits per heavy atom. The van der Waals surface area contributed by atoms with E-state index in [1.165, 1.54) is 11.3 Å². The minimum absolute atomic E-state index is 0.0542. The van der Waals surface area contributed by atoms with Gasteiger partial charge in [-0.2, -0.15) is 5.10 Å². The summed E-state index contributed by atoms with van der Waals surface area (Å²) >= 11 is 1.36. The van der Waals surface area contributed by atoms with Crippen LogP contribution in [0.25, 0.3) is 0 Å². The van der Waals surface area contributed by atoms with Gasteiger partial charge in [0.2, 0.25) is 0 Å². The number of carbonyl (C=O) groups excluding carboxylic acids is 3. The summed E-state index contributed by atoms with van der Waals surface area (Å²) in [4.78, 5) is 37.0. The number of aryl methyl sites for hydroxylation is 3. The number of fused-ring (bicyclic) bond motifs is 1. The quantitative estimate of drug-likeness (QED) is 0.724. The van der Waals surface area contributed by atoms with Crippen molar-refractivity contribution in [1.29, 1.82) is 0 Å². The molecule has 0 unspecified atom stereocenters. The maximum Gasteiger partial charge on any atom is 0.310 e. The van der Waals surface area contributed by atoms with Crippen LogP contribution in [0.4, 0.5) is 5.00 Å². The number of ether oxygens (including phenoxy) is 1. The van der Waals surface area contributed by atoms with Gasteiger partial charge in [-0.25, -0.2) is 0 Å². The van der Waals surface area contributed by atoms with Gasteiger partial charge in [-0.3, -0.25) is 19.1 Å². The van der Waals surface area contributed by atoms with Crippen molar-refractivity contribution in [3.05, 3.63) is 33.0 Å². The Balaban J connectivity index is 1.59. The van der Waals surface area contributed by atoms with Crippen LogP contribution in [0, 0.1) is 13.8 Å². The summed E-state index contributed by atoms with van der Waals surface area (Å²) in [5.41, 5.74) is 9.23. The van der Waals surface area contributed by atoms with Crippen LogP contribution in [-0.4, -0.2) is 34.2 Å². The fraction of sp³-hybridized carbons (Fsp3) is 0.444. The van der Waals surface area contributed by atoms with Crippen LogP contribution in [0.1, 0.15) is 44.2 Å². The molecule has 2 heterocycles. The minimum Gasteiger partial charge on any atom is -0.455 e. The number of anilines is 1. The third-order valence-electron chi connectivity index (χ3n) is 4.76. The highest BCUT2D eigenvalue weighted by molar-refractivity contribution is 7.17. The first-order chi connectivity index (χ1) is 12.8. The van der Waals surface area contributed by atoms with Gasteiger partial charge < -0.3 is 15.8 Å². The van der Waals surface area contributed by atoms with Crippen LogP contribution in [0.2, 0.25) is 0 Å². The number of hydrogen-bond donors (Lipinski definition) is 2. The molecule has 8 nitrogen and oxygen atoms in total. The van der Waals surface area contributed by atoms with Crippen LogP contribution in [0.5, 0.6) is 0 Å². The third kappa shape index (κ3) is 3.87. The fourth-order valence-corrected chi connectivity index (χ4v) is 4.64. The molecule has 0 bridgehead atoms. The van der Waals surface area contributed by atoms with E-state index in [0.29, 0.717) is 10.6 Å². The summed E-state index contributed by atoms with van der Waals surface area (Å²) in [6, 6.07) is 0. The van der Waals surface area contributed by atoms with Crippen molar-refractivity contribution in [2.45, 2.75) is 39.5 Å². The second-order valence-electron chi connectivity index (χ2n) is 6.58. The fourth-order valence-electron chi connectivity index (χ4n) is 3.33. The molecule has 3 rings (SSSR count). The van der Waals surface area contributed by atoms with E-state index in [1.54, 1.807) is 11.7 Å². The van der Waals surface area contributed by atoms with Gasteiger partial charge >= 0.3 is 5.97 Å². The lowest BCUT2D eigenvalue weighted by Gasteiger charge is -2.07. The Labute approximate surface area is 160 Å². The molecule has 2 amide bonds. The molecular formula is C18H22N4O4S. The number of rotatable bonds is 6. The van der Waals surface area contributed by atoms with Gasteiger partial charge in [0.15, 0.2) is 6.61 Å². The summed E-state index contributed by atoms with van der Waals surface area (Å²) in [6.07, 6.45) is 2.72. The van der Waals surface area contributed by atoms with Crippen LogP contribution in [0.15, 0.2) is 0 Å². The Kier molecular flexibility index (Phi) is 5.31. The Bertz CT molecular complexity index is 928. The molecule has 0 saturated heterocycles. The van der Waals surface area contributed by atoms with Crippen molar-refractivity contribution in [3.8, 4) is 0 Å². The number of nitrogens with zero attached hydrogens (tertiary/aromatic N) is 2. The Morgan fingerprint density at radius 2 is 2.04 bits per heavy atom. The highest BCUT2D eigenvalue weighted by Crippen LogP contribution is 2.38. The van der Waals surface area contributed by atoms with Gasteiger partial charge in [0.25, 0.3) is 11.8 Å². The molecule has 0 spiro atoms. The predicted octanol–water partition coefficient (Wildman–Crippen LogP) is 1.41. The summed E-state index contributed by atoms with van der Waals surface area (Å²) in [5.74, 6) is -1.55. The predicted molar refractivity (Wildman–Crippen MR) is 101 cm³/mol. The molecule has 2 aromatic rings. The van der Waals surface area contributed by atoms with Gasteiger partial charge in [-0.15, -0.1) is 11.3 Å². The molecule has 9 heteroatoms. The maximum atomic E-state index is 12.2. The molecule has 0 saturated carbocycles. The van der Waals surface area contributed by atoms with Crippen molar-refractivity contribution in [2.75, 3.05) is 11.9 Å². The van der Waals surface area contributed by atoms with Gasteiger partial charge in [-0.05, 0) is 38.7 Å². The zero-order valence-electron chi connectivity index (χ0n) is 15.5. The number of hydrogen-bond acceptors (Lipinski definition) is 6. The molecule has 0 aromatic carbocycles. The smallest absolute Gasteiger partial charge is 0.310 e. The van der Waals surface area contributed by atoms with Crippen molar-refractivity contribution in [3.63, 3.8) is 0 Å². The number of carbonyl (C=O) groups is 3. The van der Waals surface area contributed by atoms with E-state index in [1.807, 2.05) is 13.8 Å². The first kappa shape index (κ1) is 19.1. The number of amides is 2. The molecule has 1 aliphatic carbocycles. The van der Waals surface area contributed by atoms with Crippen LogP contribution in [-0.2, 0) is 40.6 Å². The highest BCUT2D eigenvalue weighted by Gasteiger charge is 2.26. The monoisotopic (exact) mass is 390 g/mol. The minimum atomic E-state index is -0.552. The van der Waals surface area contributed by atoms with Gasteiger partial charge in [-0.1, -0.05) is 0 Å². The lowest BCUT2D eigenvalue weighted by atomic mass is 10.1. The van der Waals surface area contributed by atoms with Gasteiger partial charge in [0.05, 0.1) is 17.7 Å². The van der Waals surface area contributed by atoms with Crippen molar-refractivity contribution in [1.82, 2.24) is 9.78 Å². The summed E-state index contributed by atoms with van der Waals surface area (Å²) in [7, 11) is 1.80. The van der Waals surface area contributed by atoms with E-state index in [2.05, 4.69) is 10.4 Å². The van der Waals surface area contributed by atoms with Crippen LogP contribution < -0.4 is 11.1 Å². The summed E-state index contributed by atoms with van der Waals surface area (Å²) in [5, 5.41) is 7.34. The van der Waals surface area contributed by atoms with E-state index in [-0.39, 0.29) is 6.42 Å². The average molecular weight is 390 g/mol. The number of nitrogens with one attached hydrogen (secondary N) is 1. The first-order valence-electron chi connectivity index (χ1n) is 8.66. The summed E-state index contributed by atoms with van der Waals surface area (Å²) < 4.78 is 6.78. The van der Waals surface area contributed by atoms with E-state index in [0.717, 1.165) is 46.7 Å². The van der Waals surface area contributed by atoms with Crippen molar-refractivity contribution < 1.29 is 19.1 Å². The Hall–Kier alpha value is -2.68. The topological polar surface area (TPSA) is 116 Å². The standard InChI is InChI=1S/C18H22N4O4S/c1-9-12(10(2)22(3)21-9)7-15(24)26-8-14(23)20-18-16(17(19)25)11-5-4-6-13(11)27-18/h4-8H2,1-3H3,(H2,19,25)(H,20,23). The lowest BCUT2D eigenvalue weighted by Crippen LogP contribution is -2.23. The molecule has 1 aliphatic rings.